The Balaban J connectivity index is 1.92. The van der Waals surface area contributed by atoms with Crippen LogP contribution in [0.1, 0.15) is 20.3 Å². The fourth-order valence-corrected chi connectivity index (χ4v) is 3.95. The minimum absolute atomic E-state index is 0.0309. The molecule has 0 saturated heterocycles. The van der Waals surface area contributed by atoms with Gasteiger partial charge in [-0.25, -0.2) is 4.98 Å². The Hall–Kier alpha value is -2.60. The minimum Gasteiger partial charge on any atom is -0.315 e. The zero-order chi connectivity index (χ0) is 19.4. The summed E-state index contributed by atoms with van der Waals surface area (Å²) < 4.78 is 1.68. The molecule has 0 spiro atoms. The molecule has 3 rings (SSSR count). The third-order valence-corrected chi connectivity index (χ3v) is 5.46. The van der Waals surface area contributed by atoms with Crippen LogP contribution in [-0.4, -0.2) is 27.8 Å². The first-order valence-electron chi connectivity index (χ1n) is 9.01. The van der Waals surface area contributed by atoms with Crippen molar-refractivity contribution in [2.45, 2.75) is 37.2 Å². The Morgan fingerprint density at radius 1 is 1.15 bits per heavy atom. The molecule has 140 valence electrons. The minimum atomic E-state index is -0.369. The summed E-state index contributed by atoms with van der Waals surface area (Å²) in [5.74, 6) is -0.0309. The zero-order valence-electron chi connectivity index (χ0n) is 15.8. The predicted octanol–water partition coefficient (Wildman–Crippen LogP) is 3.95. The van der Waals surface area contributed by atoms with Gasteiger partial charge in [-0.15, -0.1) is 0 Å². The van der Waals surface area contributed by atoms with Crippen LogP contribution in [0.3, 0.4) is 0 Å². The van der Waals surface area contributed by atoms with Crippen LogP contribution < -0.4 is 10.5 Å². The largest absolute Gasteiger partial charge is 0.315 e. The summed E-state index contributed by atoms with van der Waals surface area (Å²) >= 11 is 1.33. The van der Waals surface area contributed by atoms with E-state index >= 15 is 0 Å². The number of anilines is 1. The maximum atomic E-state index is 12.9. The van der Waals surface area contributed by atoms with E-state index in [1.165, 1.54) is 11.8 Å². The van der Waals surface area contributed by atoms with E-state index in [1.54, 1.807) is 22.6 Å². The Morgan fingerprint density at radius 3 is 2.52 bits per heavy atom. The molecule has 3 aromatic rings. The number of benzene rings is 2. The van der Waals surface area contributed by atoms with Gasteiger partial charge in [0.1, 0.15) is 0 Å². The van der Waals surface area contributed by atoms with Crippen LogP contribution in [0.2, 0.25) is 0 Å². The number of thioether (sulfide) groups is 1. The van der Waals surface area contributed by atoms with E-state index in [4.69, 9.17) is 0 Å². The van der Waals surface area contributed by atoms with Crippen molar-refractivity contribution in [3.05, 3.63) is 65.0 Å². The zero-order valence-corrected chi connectivity index (χ0v) is 16.6. The summed E-state index contributed by atoms with van der Waals surface area (Å²) in [4.78, 5) is 32.0. The van der Waals surface area contributed by atoms with E-state index in [2.05, 4.69) is 4.98 Å². The first-order valence-corrected chi connectivity index (χ1v) is 9.89. The number of hydrogen-bond donors (Lipinski definition) is 0. The normalized spacial score (nSPS) is 12.1. The fourth-order valence-electron chi connectivity index (χ4n) is 2.92. The van der Waals surface area contributed by atoms with Crippen molar-refractivity contribution < 1.29 is 4.79 Å². The van der Waals surface area contributed by atoms with E-state index in [9.17, 15) is 9.59 Å². The van der Waals surface area contributed by atoms with Gasteiger partial charge in [-0.3, -0.25) is 14.2 Å². The topological polar surface area (TPSA) is 55.2 Å². The average Bonchev–Trinajstić information content (AvgIpc) is 2.70. The second-order valence-corrected chi connectivity index (χ2v) is 7.67. The molecule has 1 heterocycles. The maximum Gasteiger partial charge on any atom is 0.262 e. The van der Waals surface area contributed by atoms with E-state index in [0.29, 0.717) is 22.6 Å². The van der Waals surface area contributed by atoms with Crippen LogP contribution in [0.5, 0.6) is 0 Å². The Bertz CT molecular complexity index is 1000. The highest BCUT2D eigenvalue weighted by molar-refractivity contribution is 8.00. The van der Waals surface area contributed by atoms with Gasteiger partial charge in [-0.1, -0.05) is 49.0 Å². The van der Waals surface area contributed by atoms with Gasteiger partial charge in [-0.05, 0) is 37.6 Å². The number of rotatable bonds is 6. The lowest BCUT2D eigenvalue weighted by molar-refractivity contribution is -0.117. The molecule has 0 unspecified atom stereocenters. The maximum absolute atomic E-state index is 12.9. The summed E-state index contributed by atoms with van der Waals surface area (Å²) in [7, 11) is 1.77. The average molecular weight is 382 g/mol. The number of fused-ring (bicyclic) bond motifs is 1. The molecule has 0 aliphatic carbocycles. The molecule has 1 aromatic heterocycles. The van der Waals surface area contributed by atoms with Gasteiger partial charge in [0.05, 0.1) is 16.2 Å². The van der Waals surface area contributed by atoms with Crippen LogP contribution >= 0.6 is 11.8 Å². The van der Waals surface area contributed by atoms with Gasteiger partial charge in [0, 0.05) is 19.3 Å². The Kier molecular flexibility index (Phi) is 5.96. The number of amides is 1. The molecule has 0 N–H and O–H groups in total. The molecule has 0 fully saturated rings. The molecule has 0 aliphatic rings. The smallest absolute Gasteiger partial charge is 0.262 e. The highest BCUT2D eigenvalue weighted by Crippen LogP contribution is 2.25. The second-order valence-electron chi connectivity index (χ2n) is 6.36. The number of carbonyl (C=O) groups excluding carboxylic acids is 1. The lowest BCUT2D eigenvalue weighted by Crippen LogP contribution is -2.34. The number of carbonyl (C=O) groups is 1. The van der Waals surface area contributed by atoms with Crippen LogP contribution in [-0.2, 0) is 11.3 Å². The highest BCUT2D eigenvalue weighted by Gasteiger charge is 2.22. The number of nitrogens with zero attached hydrogens (tertiary/aromatic N) is 3. The van der Waals surface area contributed by atoms with Gasteiger partial charge in [0.15, 0.2) is 5.16 Å². The quantitative estimate of drug-likeness (QED) is 0.479. The van der Waals surface area contributed by atoms with Crippen molar-refractivity contribution in [2.75, 3.05) is 11.9 Å². The molecule has 0 saturated carbocycles. The first-order chi connectivity index (χ1) is 13.0. The molecule has 1 amide bonds. The van der Waals surface area contributed by atoms with Gasteiger partial charge < -0.3 is 4.90 Å². The lowest BCUT2D eigenvalue weighted by atomic mass is 10.2. The number of hydrogen-bond acceptors (Lipinski definition) is 4. The number of para-hydroxylation sites is 2. The monoisotopic (exact) mass is 381 g/mol. The second kappa shape index (κ2) is 8.39. The molecule has 6 heteroatoms. The molecule has 1 atom stereocenters. The van der Waals surface area contributed by atoms with Crippen molar-refractivity contribution in [1.82, 2.24) is 9.55 Å². The summed E-state index contributed by atoms with van der Waals surface area (Å²) in [5.41, 5.74) is 1.45. The Morgan fingerprint density at radius 2 is 1.81 bits per heavy atom. The third kappa shape index (κ3) is 4.06. The van der Waals surface area contributed by atoms with E-state index in [1.807, 2.05) is 62.4 Å². The van der Waals surface area contributed by atoms with Crippen LogP contribution in [0.15, 0.2) is 64.5 Å². The predicted molar refractivity (Wildman–Crippen MR) is 111 cm³/mol. The summed E-state index contributed by atoms with van der Waals surface area (Å²) in [6.45, 7) is 4.45. The molecule has 0 aliphatic heterocycles. The summed E-state index contributed by atoms with van der Waals surface area (Å²) in [6, 6.07) is 16.9. The molecule has 5 nitrogen and oxygen atoms in total. The van der Waals surface area contributed by atoms with Crippen molar-refractivity contribution >= 4 is 34.3 Å². The molecule has 2 aromatic carbocycles. The molecule has 0 radical (unpaired) electrons. The van der Waals surface area contributed by atoms with E-state index < -0.39 is 0 Å². The van der Waals surface area contributed by atoms with Gasteiger partial charge in [0.25, 0.3) is 5.56 Å². The van der Waals surface area contributed by atoms with Crippen molar-refractivity contribution in [3.63, 3.8) is 0 Å². The highest BCUT2D eigenvalue weighted by atomic mass is 32.2. The first kappa shape index (κ1) is 19.2. The summed E-state index contributed by atoms with van der Waals surface area (Å²) in [6.07, 6.45) is 0.819. The van der Waals surface area contributed by atoms with E-state index in [0.717, 1.165) is 12.1 Å². The van der Waals surface area contributed by atoms with Gasteiger partial charge in [-0.2, -0.15) is 0 Å². The van der Waals surface area contributed by atoms with E-state index in [-0.39, 0.29) is 16.7 Å². The van der Waals surface area contributed by atoms with Gasteiger partial charge >= 0.3 is 0 Å². The van der Waals surface area contributed by atoms with Crippen molar-refractivity contribution in [3.8, 4) is 0 Å². The summed E-state index contributed by atoms with van der Waals surface area (Å²) in [5, 5.41) is 0.824. The van der Waals surface area contributed by atoms with Crippen LogP contribution in [0.25, 0.3) is 10.9 Å². The standard InChI is InChI=1S/C21H23N3O2S/c1-4-14-24-20(26)17-12-8-9-13-18(17)22-21(24)27-15(2)19(25)23(3)16-10-6-5-7-11-16/h5-13,15H,4,14H2,1-3H3/t15-/m0/s1. The lowest BCUT2D eigenvalue weighted by Gasteiger charge is -2.22. The fraction of sp³-hybridized carbons (Fsp3) is 0.286. The van der Waals surface area contributed by atoms with Crippen LogP contribution in [0.4, 0.5) is 5.69 Å². The Labute approximate surface area is 163 Å². The van der Waals surface area contributed by atoms with Crippen molar-refractivity contribution in [2.24, 2.45) is 0 Å². The molecule has 27 heavy (non-hydrogen) atoms. The number of aromatic nitrogens is 2. The molecule has 0 bridgehead atoms. The van der Waals surface area contributed by atoms with Crippen molar-refractivity contribution in [1.29, 1.82) is 0 Å². The van der Waals surface area contributed by atoms with Crippen LogP contribution in [0, 0.1) is 0 Å². The SMILES string of the molecule is CCCn1c(S[C@@H](C)C(=O)N(C)c2ccccc2)nc2ccccc2c1=O. The molecular weight excluding hydrogens is 358 g/mol. The molecular formula is C21H23N3O2S. The third-order valence-electron chi connectivity index (χ3n) is 4.38. The van der Waals surface area contributed by atoms with Gasteiger partial charge in [0.2, 0.25) is 5.91 Å².